The summed E-state index contributed by atoms with van der Waals surface area (Å²) in [4.78, 5) is 0. The molecule has 0 aliphatic carbocycles. The molecule has 0 fully saturated rings. The number of benzene rings is 2. The molecule has 0 bridgehead atoms. The first-order chi connectivity index (χ1) is 8.19. The third-order valence-corrected chi connectivity index (χ3v) is 2.74. The minimum Gasteiger partial charge on any atom is -0.457 e. The van der Waals surface area contributed by atoms with Crippen LogP contribution in [0.5, 0.6) is 11.5 Å². The molecule has 3 nitrogen and oxygen atoms in total. The topological polar surface area (TPSA) is 47.3 Å². The molecular weight excluding hydrogens is 248 g/mol. The number of ether oxygens (including phenoxy) is 1. The number of anilines is 1. The molecule has 0 unspecified atom stereocenters. The van der Waals surface area contributed by atoms with E-state index in [0.717, 1.165) is 17.2 Å². The van der Waals surface area contributed by atoms with Crippen LogP contribution in [0.15, 0.2) is 42.5 Å². The lowest BCUT2D eigenvalue weighted by Gasteiger charge is -2.08. The van der Waals surface area contributed by atoms with Crippen LogP contribution >= 0.6 is 12.4 Å². The van der Waals surface area contributed by atoms with Crippen LogP contribution in [0.3, 0.4) is 0 Å². The number of hydrazine groups is 1. The smallest absolute Gasteiger partial charge is 0.127 e. The van der Waals surface area contributed by atoms with Gasteiger partial charge in [0.1, 0.15) is 11.5 Å². The average molecular weight is 265 g/mol. The Morgan fingerprint density at radius 1 is 0.889 bits per heavy atom. The van der Waals surface area contributed by atoms with Gasteiger partial charge in [0.05, 0.1) is 0 Å². The lowest BCUT2D eigenvalue weighted by molar-refractivity contribution is 0.482. The summed E-state index contributed by atoms with van der Waals surface area (Å²) in [5.74, 6) is 6.95. The molecule has 0 aromatic heterocycles. The minimum atomic E-state index is 0. The van der Waals surface area contributed by atoms with E-state index in [1.165, 1.54) is 11.1 Å². The van der Waals surface area contributed by atoms with Gasteiger partial charge in [-0.05, 0) is 61.4 Å². The van der Waals surface area contributed by atoms with Crippen LogP contribution in [-0.2, 0) is 0 Å². The van der Waals surface area contributed by atoms with Crippen LogP contribution in [0.4, 0.5) is 5.69 Å². The second-order valence-electron chi connectivity index (χ2n) is 4.02. The van der Waals surface area contributed by atoms with E-state index in [9.17, 15) is 0 Å². The monoisotopic (exact) mass is 264 g/mol. The van der Waals surface area contributed by atoms with Crippen molar-refractivity contribution in [3.8, 4) is 11.5 Å². The second-order valence-corrected chi connectivity index (χ2v) is 4.02. The van der Waals surface area contributed by atoms with Crippen molar-refractivity contribution in [2.24, 2.45) is 5.84 Å². The summed E-state index contributed by atoms with van der Waals surface area (Å²) in [6.07, 6.45) is 0. The molecule has 0 heterocycles. The van der Waals surface area contributed by atoms with Crippen molar-refractivity contribution in [3.05, 3.63) is 53.6 Å². The molecule has 0 amide bonds. The first-order valence-electron chi connectivity index (χ1n) is 5.51. The van der Waals surface area contributed by atoms with E-state index in [0.29, 0.717) is 0 Å². The Morgan fingerprint density at radius 2 is 1.50 bits per heavy atom. The quantitative estimate of drug-likeness (QED) is 0.655. The zero-order valence-corrected chi connectivity index (χ0v) is 11.3. The van der Waals surface area contributed by atoms with E-state index < -0.39 is 0 Å². The Kier molecular flexibility index (Phi) is 5.01. The maximum Gasteiger partial charge on any atom is 0.127 e. The minimum absolute atomic E-state index is 0. The molecule has 2 rings (SSSR count). The predicted molar refractivity (Wildman–Crippen MR) is 77.5 cm³/mol. The first kappa shape index (κ1) is 14.4. The number of hydrogen-bond acceptors (Lipinski definition) is 3. The van der Waals surface area contributed by atoms with E-state index >= 15 is 0 Å². The molecule has 0 aliphatic heterocycles. The average Bonchev–Trinajstić information content (AvgIpc) is 2.35. The van der Waals surface area contributed by atoms with Crippen molar-refractivity contribution >= 4 is 18.1 Å². The van der Waals surface area contributed by atoms with Crippen molar-refractivity contribution in [1.82, 2.24) is 0 Å². The molecule has 0 saturated carbocycles. The molecule has 0 radical (unpaired) electrons. The third kappa shape index (κ3) is 3.39. The number of nitrogen functional groups attached to an aromatic ring is 1. The number of nitrogens with two attached hydrogens (primary N) is 1. The van der Waals surface area contributed by atoms with Crippen LogP contribution in [0.2, 0.25) is 0 Å². The summed E-state index contributed by atoms with van der Waals surface area (Å²) in [5, 5.41) is 0. The number of halogens is 1. The summed E-state index contributed by atoms with van der Waals surface area (Å²) >= 11 is 0. The Morgan fingerprint density at radius 3 is 2.06 bits per heavy atom. The second kappa shape index (κ2) is 6.28. The summed E-state index contributed by atoms with van der Waals surface area (Å²) in [6.45, 7) is 4.16. The maximum atomic E-state index is 5.75. The van der Waals surface area contributed by atoms with Crippen LogP contribution < -0.4 is 16.0 Å². The molecule has 96 valence electrons. The van der Waals surface area contributed by atoms with E-state index in [4.69, 9.17) is 10.6 Å². The Bertz CT molecular complexity index is 512. The normalized spacial score (nSPS) is 9.50. The largest absolute Gasteiger partial charge is 0.457 e. The van der Waals surface area contributed by atoms with Gasteiger partial charge in [-0.1, -0.05) is 6.07 Å². The van der Waals surface area contributed by atoms with Gasteiger partial charge in [-0.3, -0.25) is 5.84 Å². The molecule has 0 spiro atoms. The fourth-order valence-electron chi connectivity index (χ4n) is 1.53. The van der Waals surface area contributed by atoms with Gasteiger partial charge in [0.25, 0.3) is 0 Å². The standard InChI is InChI=1S/C14H16N2O.ClH/c1-10-3-6-14(9-11(10)2)17-13-7-4-12(16-15)5-8-13;/h3-9,16H,15H2,1-2H3;1H. The van der Waals surface area contributed by atoms with Crippen molar-refractivity contribution in [2.45, 2.75) is 13.8 Å². The number of hydrogen-bond donors (Lipinski definition) is 2. The Hall–Kier alpha value is -1.71. The molecule has 18 heavy (non-hydrogen) atoms. The summed E-state index contributed by atoms with van der Waals surface area (Å²) in [7, 11) is 0. The van der Waals surface area contributed by atoms with Gasteiger partial charge in [0.15, 0.2) is 0 Å². The first-order valence-corrected chi connectivity index (χ1v) is 5.51. The molecule has 0 saturated heterocycles. The van der Waals surface area contributed by atoms with Crippen molar-refractivity contribution in [3.63, 3.8) is 0 Å². The van der Waals surface area contributed by atoms with E-state index in [-0.39, 0.29) is 12.4 Å². The van der Waals surface area contributed by atoms with Gasteiger partial charge in [-0.2, -0.15) is 0 Å². The van der Waals surface area contributed by atoms with Crippen LogP contribution in [0, 0.1) is 13.8 Å². The molecule has 4 heteroatoms. The highest BCUT2D eigenvalue weighted by atomic mass is 35.5. The lowest BCUT2D eigenvalue weighted by Crippen LogP contribution is -2.05. The van der Waals surface area contributed by atoms with Gasteiger partial charge < -0.3 is 10.2 Å². The van der Waals surface area contributed by atoms with Crippen LogP contribution in [-0.4, -0.2) is 0 Å². The zero-order valence-electron chi connectivity index (χ0n) is 10.4. The van der Waals surface area contributed by atoms with Crippen LogP contribution in [0.1, 0.15) is 11.1 Å². The number of rotatable bonds is 3. The van der Waals surface area contributed by atoms with Gasteiger partial charge in [0.2, 0.25) is 0 Å². The number of nitrogens with one attached hydrogen (secondary N) is 1. The summed E-state index contributed by atoms with van der Waals surface area (Å²) in [5.41, 5.74) is 5.93. The van der Waals surface area contributed by atoms with E-state index in [1.807, 2.05) is 36.4 Å². The van der Waals surface area contributed by atoms with Crippen molar-refractivity contribution in [2.75, 3.05) is 5.43 Å². The molecule has 2 aromatic rings. The van der Waals surface area contributed by atoms with Crippen LogP contribution in [0.25, 0.3) is 0 Å². The third-order valence-electron chi connectivity index (χ3n) is 2.74. The number of aryl methyl sites for hydroxylation is 2. The summed E-state index contributed by atoms with van der Waals surface area (Å²) in [6, 6.07) is 13.6. The molecule has 0 aliphatic rings. The SMILES string of the molecule is Cc1ccc(Oc2ccc(NN)cc2)cc1C.Cl. The molecule has 3 N–H and O–H groups in total. The molecule has 2 aromatic carbocycles. The maximum absolute atomic E-state index is 5.75. The highest BCUT2D eigenvalue weighted by Gasteiger charge is 1.99. The summed E-state index contributed by atoms with van der Waals surface area (Å²) < 4.78 is 5.75. The van der Waals surface area contributed by atoms with Gasteiger partial charge >= 0.3 is 0 Å². The van der Waals surface area contributed by atoms with Gasteiger partial charge in [-0.25, -0.2) is 0 Å². The molecule has 0 atom stereocenters. The van der Waals surface area contributed by atoms with E-state index in [1.54, 1.807) is 0 Å². The highest BCUT2D eigenvalue weighted by Crippen LogP contribution is 2.24. The Labute approximate surface area is 113 Å². The predicted octanol–water partition coefficient (Wildman–Crippen LogP) is 3.80. The zero-order chi connectivity index (χ0) is 12.3. The van der Waals surface area contributed by atoms with Crippen molar-refractivity contribution < 1.29 is 4.74 Å². The Balaban J connectivity index is 0.00000162. The molecular formula is C14H17ClN2O. The van der Waals surface area contributed by atoms with Gasteiger partial charge in [-0.15, -0.1) is 12.4 Å². The van der Waals surface area contributed by atoms with Crippen molar-refractivity contribution in [1.29, 1.82) is 0 Å². The lowest BCUT2D eigenvalue weighted by atomic mass is 10.1. The highest BCUT2D eigenvalue weighted by molar-refractivity contribution is 5.85. The fourth-order valence-corrected chi connectivity index (χ4v) is 1.53. The van der Waals surface area contributed by atoms with E-state index in [2.05, 4.69) is 25.3 Å². The van der Waals surface area contributed by atoms with Gasteiger partial charge in [0, 0.05) is 5.69 Å². The fraction of sp³-hybridized carbons (Fsp3) is 0.143.